The molecular formula is C18H21N3O4. The van der Waals surface area contributed by atoms with E-state index in [9.17, 15) is 9.59 Å². The molecule has 7 heteroatoms. The molecule has 2 heterocycles. The van der Waals surface area contributed by atoms with Gasteiger partial charge in [0.15, 0.2) is 11.5 Å². The molecular weight excluding hydrogens is 322 g/mol. The van der Waals surface area contributed by atoms with E-state index in [1.165, 1.54) is 17.0 Å². The molecule has 2 aromatic rings. The van der Waals surface area contributed by atoms with Crippen LogP contribution in [-0.2, 0) is 24.3 Å². The van der Waals surface area contributed by atoms with Gasteiger partial charge in [0.2, 0.25) is 12.7 Å². The lowest BCUT2D eigenvalue weighted by molar-refractivity contribution is -0.121. The van der Waals surface area contributed by atoms with Crippen LogP contribution in [0.15, 0.2) is 35.4 Å². The Morgan fingerprint density at radius 2 is 2.12 bits per heavy atom. The molecule has 3 rings (SSSR count). The second kappa shape index (κ2) is 7.83. The van der Waals surface area contributed by atoms with Gasteiger partial charge in [-0.15, -0.1) is 0 Å². The zero-order chi connectivity index (χ0) is 17.6. The lowest BCUT2D eigenvalue weighted by Gasteiger charge is -2.08. The molecule has 0 atom stereocenters. The maximum absolute atomic E-state index is 12.1. The van der Waals surface area contributed by atoms with Crippen molar-refractivity contribution < 1.29 is 14.3 Å². The van der Waals surface area contributed by atoms with Gasteiger partial charge in [0.05, 0.1) is 6.33 Å². The standard InChI is InChI=1S/C18H21N3O4/c1-2-3-4-14-8-18(23)21(11-20-14)10-17(22)19-9-13-5-6-15-16(7-13)25-12-24-15/h5-8,11H,2-4,9-10,12H2,1H3,(H,19,22). The number of hydrogen-bond donors (Lipinski definition) is 1. The summed E-state index contributed by atoms with van der Waals surface area (Å²) in [6.45, 7) is 2.61. The van der Waals surface area contributed by atoms with Crippen LogP contribution in [0.25, 0.3) is 0 Å². The number of benzene rings is 1. The van der Waals surface area contributed by atoms with Crippen LogP contribution >= 0.6 is 0 Å². The minimum absolute atomic E-state index is 0.0511. The van der Waals surface area contributed by atoms with Crippen molar-refractivity contribution in [3.05, 3.63) is 52.2 Å². The van der Waals surface area contributed by atoms with E-state index < -0.39 is 0 Å². The average Bonchev–Trinajstić information content (AvgIpc) is 3.08. The van der Waals surface area contributed by atoms with Gasteiger partial charge >= 0.3 is 0 Å². The summed E-state index contributed by atoms with van der Waals surface area (Å²) in [6, 6.07) is 7.01. The summed E-state index contributed by atoms with van der Waals surface area (Å²) in [5.41, 5.74) is 1.46. The number of fused-ring (bicyclic) bond motifs is 1. The van der Waals surface area contributed by atoms with Crippen LogP contribution in [-0.4, -0.2) is 22.3 Å². The molecule has 25 heavy (non-hydrogen) atoms. The second-order valence-corrected chi connectivity index (χ2v) is 5.91. The Kier molecular flexibility index (Phi) is 5.33. The lowest BCUT2D eigenvalue weighted by Crippen LogP contribution is -2.32. The van der Waals surface area contributed by atoms with Gasteiger partial charge in [-0.1, -0.05) is 19.4 Å². The molecule has 1 aliphatic rings. The number of unbranched alkanes of at least 4 members (excludes halogenated alkanes) is 1. The Morgan fingerprint density at radius 3 is 2.92 bits per heavy atom. The number of aryl methyl sites for hydroxylation is 1. The topological polar surface area (TPSA) is 82.5 Å². The lowest BCUT2D eigenvalue weighted by atomic mass is 10.2. The fourth-order valence-electron chi connectivity index (χ4n) is 2.54. The molecule has 0 aliphatic carbocycles. The van der Waals surface area contributed by atoms with E-state index in [1.807, 2.05) is 18.2 Å². The number of amides is 1. The molecule has 0 radical (unpaired) electrons. The zero-order valence-corrected chi connectivity index (χ0v) is 14.2. The van der Waals surface area contributed by atoms with E-state index in [-0.39, 0.29) is 24.8 Å². The van der Waals surface area contributed by atoms with Crippen LogP contribution in [0, 0.1) is 0 Å². The van der Waals surface area contributed by atoms with Crippen molar-refractivity contribution in [2.45, 2.75) is 39.3 Å². The van der Waals surface area contributed by atoms with Crippen molar-refractivity contribution in [1.82, 2.24) is 14.9 Å². The van der Waals surface area contributed by atoms with Crippen molar-refractivity contribution in [3.63, 3.8) is 0 Å². The predicted molar refractivity (Wildman–Crippen MR) is 91.5 cm³/mol. The van der Waals surface area contributed by atoms with Crippen molar-refractivity contribution >= 4 is 5.91 Å². The Labute approximate surface area is 145 Å². The minimum atomic E-state index is -0.247. The number of ether oxygens (including phenoxy) is 2. The number of nitrogens with one attached hydrogen (secondary N) is 1. The zero-order valence-electron chi connectivity index (χ0n) is 14.2. The highest BCUT2D eigenvalue weighted by atomic mass is 16.7. The van der Waals surface area contributed by atoms with Crippen molar-refractivity contribution in [2.24, 2.45) is 0 Å². The van der Waals surface area contributed by atoms with Crippen molar-refractivity contribution in [1.29, 1.82) is 0 Å². The summed E-state index contributed by atoms with van der Waals surface area (Å²) in [6.07, 6.45) is 4.26. The number of aromatic nitrogens is 2. The van der Waals surface area contributed by atoms with Gasteiger partial charge in [-0.3, -0.25) is 14.2 Å². The van der Waals surface area contributed by atoms with Gasteiger partial charge in [0, 0.05) is 18.3 Å². The Balaban J connectivity index is 1.55. The molecule has 1 aromatic heterocycles. The fraction of sp³-hybridized carbons (Fsp3) is 0.389. The van der Waals surface area contributed by atoms with Crippen LogP contribution < -0.4 is 20.3 Å². The van der Waals surface area contributed by atoms with E-state index in [0.29, 0.717) is 18.0 Å². The van der Waals surface area contributed by atoms with Crippen LogP contribution in [0.5, 0.6) is 11.5 Å². The second-order valence-electron chi connectivity index (χ2n) is 5.91. The third kappa shape index (κ3) is 4.37. The molecule has 1 aromatic carbocycles. The SMILES string of the molecule is CCCCc1cc(=O)n(CC(=O)NCc2ccc3c(c2)OCO3)cn1. The summed E-state index contributed by atoms with van der Waals surface area (Å²) in [4.78, 5) is 28.4. The first-order valence-corrected chi connectivity index (χ1v) is 8.36. The molecule has 1 N–H and O–H groups in total. The molecule has 1 aliphatic heterocycles. The van der Waals surface area contributed by atoms with E-state index in [1.54, 1.807) is 0 Å². The smallest absolute Gasteiger partial charge is 0.253 e. The first-order valence-electron chi connectivity index (χ1n) is 8.36. The predicted octanol–water partition coefficient (Wildman–Crippen LogP) is 1.63. The monoisotopic (exact) mass is 343 g/mol. The van der Waals surface area contributed by atoms with Crippen molar-refractivity contribution in [2.75, 3.05) is 6.79 Å². The summed E-state index contributed by atoms with van der Waals surface area (Å²) < 4.78 is 11.9. The summed E-state index contributed by atoms with van der Waals surface area (Å²) >= 11 is 0. The molecule has 0 spiro atoms. The van der Waals surface area contributed by atoms with E-state index in [4.69, 9.17) is 9.47 Å². The van der Waals surface area contributed by atoms with E-state index in [2.05, 4.69) is 17.2 Å². The summed E-state index contributed by atoms with van der Waals surface area (Å²) in [7, 11) is 0. The number of nitrogens with zero attached hydrogens (tertiary/aromatic N) is 2. The molecule has 0 bridgehead atoms. The van der Waals surface area contributed by atoms with Gasteiger partial charge in [0.1, 0.15) is 6.54 Å². The quantitative estimate of drug-likeness (QED) is 0.826. The minimum Gasteiger partial charge on any atom is -0.454 e. The van der Waals surface area contributed by atoms with Crippen molar-refractivity contribution in [3.8, 4) is 11.5 Å². The number of hydrogen-bond acceptors (Lipinski definition) is 5. The number of rotatable bonds is 7. The average molecular weight is 343 g/mol. The molecule has 7 nitrogen and oxygen atoms in total. The van der Waals surface area contributed by atoms with Crippen LogP contribution in [0.1, 0.15) is 31.0 Å². The maximum atomic E-state index is 12.1. The molecule has 132 valence electrons. The fourth-order valence-corrected chi connectivity index (χ4v) is 2.54. The van der Waals surface area contributed by atoms with Crippen LogP contribution in [0.4, 0.5) is 0 Å². The molecule has 0 fully saturated rings. The highest BCUT2D eigenvalue weighted by molar-refractivity contribution is 5.75. The molecule has 1 amide bonds. The summed E-state index contributed by atoms with van der Waals surface area (Å²) in [5, 5.41) is 2.79. The Morgan fingerprint density at radius 1 is 1.28 bits per heavy atom. The molecule has 0 saturated carbocycles. The van der Waals surface area contributed by atoms with E-state index in [0.717, 1.165) is 30.5 Å². The number of carbonyl (C=O) groups excluding carboxylic acids is 1. The van der Waals surface area contributed by atoms with Gasteiger partial charge < -0.3 is 14.8 Å². The van der Waals surface area contributed by atoms with E-state index >= 15 is 0 Å². The Bertz CT molecular complexity index is 816. The third-order valence-electron chi connectivity index (χ3n) is 3.96. The normalized spacial score (nSPS) is 12.2. The number of carbonyl (C=O) groups is 1. The highest BCUT2D eigenvalue weighted by Crippen LogP contribution is 2.32. The molecule has 0 unspecified atom stereocenters. The van der Waals surface area contributed by atoms with Gasteiger partial charge in [-0.05, 0) is 30.5 Å². The first kappa shape index (κ1) is 17.0. The van der Waals surface area contributed by atoms with Gasteiger partial charge in [-0.25, -0.2) is 4.98 Å². The largest absolute Gasteiger partial charge is 0.454 e. The first-order chi connectivity index (χ1) is 12.2. The maximum Gasteiger partial charge on any atom is 0.253 e. The highest BCUT2D eigenvalue weighted by Gasteiger charge is 2.13. The summed E-state index contributed by atoms with van der Waals surface area (Å²) in [5.74, 6) is 1.13. The van der Waals surface area contributed by atoms with Crippen LogP contribution in [0.2, 0.25) is 0 Å². The van der Waals surface area contributed by atoms with Crippen LogP contribution in [0.3, 0.4) is 0 Å². The third-order valence-corrected chi connectivity index (χ3v) is 3.96. The van der Waals surface area contributed by atoms with Gasteiger partial charge in [-0.2, -0.15) is 0 Å². The van der Waals surface area contributed by atoms with Gasteiger partial charge in [0.25, 0.3) is 5.56 Å². The Hall–Kier alpha value is -2.83. The molecule has 0 saturated heterocycles.